The lowest BCUT2D eigenvalue weighted by atomic mass is 10.1. The molecule has 0 spiro atoms. The van der Waals surface area contributed by atoms with E-state index in [2.05, 4.69) is 0 Å². The Balaban J connectivity index is 1.94. The summed E-state index contributed by atoms with van der Waals surface area (Å²) in [5.41, 5.74) is -0.532. The van der Waals surface area contributed by atoms with Crippen molar-refractivity contribution in [2.45, 2.75) is 43.9 Å². The summed E-state index contributed by atoms with van der Waals surface area (Å²) in [5, 5.41) is 0. The summed E-state index contributed by atoms with van der Waals surface area (Å²) in [6.45, 7) is 3.71. The van der Waals surface area contributed by atoms with Gasteiger partial charge in [-0.15, -0.1) is 0 Å². The monoisotopic (exact) mass is 539 g/mol. The molecule has 3 aromatic rings. The van der Waals surface area contributed by atoms with Gasteiger partial charge >= 0.3 is 16.3 Å². The number of benzene rings is 3. The van der Waals surface area contributed by atoms with Crippen molar-refractivity contribution in [3.63, 3.8) is 0 Å². The molecule has 0 heterocycles. The number of ether oxygens (including phenoxy) is 1. The normalized spacial score (nSPS) is 12.6. The van der Waals surface area contributed by atoms with Gasteiger partial charge in [0, 0.05) is 18.2 Å². The second-order valence-corrected chi connectivity index (χ2v) is 9.80. The van der Waals surface area contributed by atoms with E-state index >= 15 is 0 Å². The summed E-state index contributed by atoms with van der Waals surface area (Å²) in [6.07, 6.45) is -4.15. The number of hydrogen-bond acceptors (Lipinski definition) is 5. The van der Waals surface area contributed by atoms with Crippen molar-refractivity contribution in [3.05, 3.63) is 89.2 Å². The van der Waals surface area contributed by atoms with Crippen LogP contribution in [0.15, 0.2) is 71.6 Å². The Labute approximate surface area is 212 Å². The summed E-state index contributed by atoms with van der Waals surface area (Å²) in [5.74, 6) is -1.23. The summed E-state index contributed by atoms with van der Waals surface area (Å²) in [4.78, 5) is 14.0. The van der Waals surface area contributed by atoms with Gasteiger partial charge in [-0.3, -0.25) is 4.79 Å². The number of carbonyl (C=O) groups is 1. The molecule has 0 N–H and O–H groups in total. The molecule has 11 heteroatoms. The smallest absolute Gasteiger partial charge is 0.416 e. The van der Waals surface area contributed by atoms with Crippen LogP contribution in [0.1, 0.15) is 41.8 Å². The van der Waals surface area contributed by atoms with Gasteiger partial charge in [-0.25, -0.2) is 4.39 Å². The van der Waals surface area contributed by atoms with Gasteiger partial charge in [0.1, 0.15) is 10.7 Å². The summed E-state index contributed by atoms with van der Waals surface area (Å²) in [6, 6.07) is 12.6. The van der Waals surface area contributed by atoms with Crippen molar-refractivity contribution < 1.29 is 39.7 Å². The number of rotatable bonds is 9. The quantitative estimate of drug-likeness (QED) is 0.244. The van der Waals surface area contributed by atoms with Crippen molar-refractivity contribution >= 4 is 16.0 Å². The number of amides is 1. The summed E-state index contributed by atoms with van der Waals surface area (Å²) in [7, 11) is -3.39. The van der Waals surface area contributed by atoms with Crippen LogP contribution in [0.4, 0.5) is 17.6 Å². The molecule has 0 aliphatic heterocycles. The minimum atomic E-state index is -4.74. The SMILES string of the molecule is CCC(C)N(Cc1ccc(OC)c(OS(=O)(=O)c2cccc(C(F)(F)F)c2)c1)C(=O)c1cccc(F)c1. The Kier molecular flexibility index (Phi) is 8.47. The topological polar surface area (TPSA) is 72.9 Å². The largest absolute Gasteiger partial charge is 0.493 e. The van der Waals surface area contributed by atoms with Crippen LogP contribution in [0.3, 0.4) is 0 Å². The molecule has 198 valence electrons. The molecule has 0 aromatic heterocycles. The highest BCUT2D eigenvalue weighted by molar-refractivity contribution is 7.87. The Morgan fingerprint density at radius 1 is 1.00 bits per heavy atom. The van der Waals surface area contributed by atoms with Crippen LogP contribution < -0.4 is 8.92 Å². The van der Waals surface area contributed by atoms with Gasteiger partial charge in [0.25, 0.3) is 5.91 Å². The van der Waals surface area contributed by atoms with Crippen LogP contribution in [0.25, 0.3) is 0 Å². The highest BCUT2D eigenvalue weighted by Gasteiger charge is 2.32. The van der Waals surface area contributed by atoms with Crippen molar-refractivity contribution in [2.75, 3.05) is 7.11 Å². The lowest BCUT2D eigenvalue weighted by Crippen LogP contribution is -2.37. The van der Waals surface area contributed by atoms with E-state index in [0.29, 0.717) is 18.1 Å². The Morgan fingerprint density at radius 3 is 2.32 bits per heavy atom. The molecular weight excluding hydrogens is 514 g/mol. The first-order chi connectivity index (χ1) is 17.4. The lowest BCUT2D eigenvalue weighted by molar-refractivity contribution is -0.137. The third-order valence-electron chi connectivity index (χ3n) is 5.69. The zero-order valence-corrected chi connectivity index (χ0v) is 21.1. The van der Waals surface area contributed by atoms with E-state index in [1.54, 1.807) is 6.07 Å². The number of alkyl halides is 3. The fraction of sp³-hybridized carbons (Fsp3) is 0.269. The molecule has 1 atom stereocenters. The maximum atomic E-state index is 13.7. The molecule has 0 bridgehead atoms. The molecular formula is C26H25F4NO5S. The average Bonchev–Trinajstić information content (AvgIpc) is 2.86. The van der Waals surface area contributed by atoms with Crippen molar-refractivity contribution in [1.29, 1.82) is 0 Å². The molecule has 6 nitrogen and oxygen atoms in total. The number of nitrogens with zero attached hydrogens (tertiary/aromatic N) is 1. The zero-order valence-electron chi connectivity index (χ0n) is 20.3. The van der Waals surface area contributed by atoms with Gasteiger partial charge in [0.05, 0.1) is 12.7 Å². The Morgan fingerprint density at radius 2 is 1.70 bits per heavy atom. The Bertz CT molecular complexity index is 1380. The first kappa shape index (κ1) is 28.0. The molecule has 1 unspecified atom stereocenters. The molecule has 1 amide bonds. The highest BCUT2D eigenvalue weighted by Crippen LogP contribution is 2.34. The van der Waals surface area contributed by atoms with Crippen LogP contribution in [-0.2, 0) is 22.8 Å². The molecule has 3 rings (SSSR count). The van der Waals surface area contributed by atoms with E-state index in [1.807, 2.05) is 13.8 Å². The minimum Gasteiger partial charge on any atom is -0.493 e. The molecule has 0 saturated carbocycles. The zero-order chi connectivity index (χ0) is 27.4. The number of carbonyl (C=O) groups excluding carboxylic acids is 1. The molecule has 37 heavy (non-hydrogen) atoms. The molecule has 0 saturated heterocycles. The van der Waals surface area contributed by atoms with Crippen molar-refractivity contribution in [3.8, 4) is 11.5 Å². The van der Waals surface area contributed by atoms with Gasteiger partial charge in [0.15, 0.2) is 11.5 Å². The Hall–Kier alpha value is -3.60. The van der Waals surface area contributed by atoms with Gasteiger partial charge in [-0.1, -0.05) is 25.1 Å². The van der Waals surface area contributed by atoms with Crippen LogP contribution in [0.5, 0.6) is 11.5 Å². The van der Waals surface area contributed by atoms with E-state index < -0.39 is 38.5 Å². The first-order valence-electron chi connectivity index (χ1n) is 11.2. The second kappa shape index (κ2) is 11.2. The van der Waals surface area contributed by atoms with Crippen molar-refractivity contribution in [2.24, 2.45) is 0 Å². The van der Waals surface area contributed by atoms with Crippen molar-refractivity contribution in [1.82, 2.24) is 4.90 Å². The van der Waals surface area contributed by atoms with Crippen LogP contribution >= 0.6 is 0 Å². The fourth-order valence-electron chi connectivity index (χ4n) is 3.51. The van der Waals surface area contributed by atoms with Gasteiger partial charge in [-0.05, 0) is 67.4 Å². The second-order valence-electron chi connectivity index (χ2n) is 8.25. The van der Waals surface area contributed by atoms with Crippen LogP contribution in [0, 0.1) is 5.82 Å². The van der Waals surface area contributed by atoms with E-state index in [-0.39, 0.29) is 29.6 Å². The van der Waals surface area contributed by atoms with E-state index in [9.17, 15) is 30.8 Å². The van der Waals surface area contributed by atoms with Crippen LogP contribution in [-0.4, -0.2) is 32.4 Å². The standard InChI is InChI=1S/C26H25F4NO5S/c1-4-17(2)31(25(32)19-7-5-9-21(27)14-19)16-18-11-12-23(35-3)24(13-18)36-37(33,34)22-10-6-8-20(15-22)26(28,29)30/h5-15,17H,4,16H2,1-3H3. The third kappa shape index (κ3) is 6.79. The van der Waals surface area contributed by atoms with Gasteiger partial charge in [-0.2, -0.15) is 21.6 Å². The first-order valence-corrected chi connectivity index (χ1v) is 12.6. The molecule has 0 aliphatic carbocycles. The number of methoxy groups -OCH3 is 1. The van der Waals surface area contributed by atoms with Crippen LogP contribution in [0.2, 0.25) is 0 Å². The van der Waals surface area contributed by atoms with E-state index in [4.69, 9.17) is 8.92 Å². The summed E-state index contributed by atoms with van der Waals surface area (Å²) < 4.78 is 88.9. The minimum absolute atomic E-state index is 0.0193. The van der Waals surface area contributed by atoms with Gasteiger partial charge in [0.2, 0.25) is 0 Å². The van der Waals surface area contributed by atoms with Gasteiger partial charge < -0.3 is 13.8 Å². The predicted molar refractivity (Wildman–Crippen MR) is 128 cm³/mol. The van der Waals surface area contributed by atoms with E-state index in [1.165, 1.54) is 42.3 Å². The molecule has 0 radical (unpaired) electrons. The number of hydrogen-bond donors (Lipinski definition) is 0. The molecule has 3 aromatic carbocycles. The number of halogens is 4. The molecule has 0 fully saturated rings. The third-order valence-corrected chi connectivity index (χ3v) is 6.92. The summed E-state index contributed by atoms with van der Waals surface area (Å²) >= 11 is 0. The fourth-order valence-corrected chi connectivity index (χ4v) is 4.49. The van der Waals surface area contributed by atoms with E-state index in [0.717, 1.165) is 24.3 Å². The lowest BCUT2D eigenvalue weighted by Gasteiger charge is -2.29. The predicted octanol–water partition coefficient (Wildman–Crippen LogP) is 6.06. The maximum absolute atomic E-state index is 13.7. The molecule has 0 aliphatic rings. The maximum Gasteiger partial charge on any atom is 0.416 e. The average molecular weight is 540 g/mol. The highest BCUT2D eigenvalue weighted by atomic mass is 32.2.